The lowest BCUT2D eigenvalue weighted by Gasteiger charge is -2.06. The van der Waals surface area contributed by atoms with Crippen molar-refractivity contribution in [1.29, 1.82) is 0 Å². The third kappa shape index (κ3) is 5.00. The summed E-state index contributed by atoms with van der Waals surface area (Å²) in [7, 11) is 0. The van der Waals surface area contributed by atoms with E-state index in [-0.39, 0.29) is 5.69 Å². The number of hydrogen-bond donors (Lipinski definition) is 1. The standard InChI is InChI=1S/C24H17N7O2S2/c32-31(33)20-13-16(9-10-21(20)35-23-25-11-4-12-26-23)15-27-30-22(28-29-24(30)34)14-18-7-3-6-17-5-1-2-8-19(17)18/h1-13,15H,14H2,(H,29,34). The average Bonchev–Trinajstić information content (AvgIpc) is 3.23. The molecule has 3 aromatic carbocycles. The van der Waals surface area contributed by atoms with Crippen molar-refractivity contribution in [2.24, 2.45) is 5.10 Å². The van der Waals surface area contributed by atoms with Crippen LogP contribution >= 0.6 is 24.0 Å². The molecule has 0 amide bonds. The number of aromatic amines is 1. The first-order valence-electron chi connectivity index (χ1n) is 10.5. The summed E-state index contributed by atoms with van der Waals surface area (Å²) < 4.78 is 1.86. The molecule has 2 heterocycles. The van der Waals surface area contributed by atoms with E-state index in [1.807, 2.05) is 24.3 Å². The van der Waals surface area contributed by atoms with Gasteiger partial charge in [0.1, 0.15) is 0 Å². The lowest BCUT2D eigenvalue weighted by atomic mass is 10.0. The molecular weight excluding hydrogens is 482 g/mol. The highest BCUT2D eigenvalue weighted by Crippen LogP contribution is 2.33. The molecule has 0 aliphatic rings. The van der Waals surface area contributed by atoms with Gasteiger partial charge in [-0.05, 0) is 52.4 Å². The first-order chi connectivity index (χ1) is 17.1. The zero-order valence-corrected chi connectivity index (χ0v) is 19.7. The fraction of sp³-hybridized carbons (Fsp3) is 0.0417. The van der Waals surface area contributed by atoms with Crippen molar-refractivity contribution in [3.8, 4) is 0 Å². The smallest absolute Gasteiger partial charge is 0.258 e. The molecule has 9 nitrogen and oxygen atoms in total. The first kappa shape index (κ1) is 22.6. The second-order valence-corrected chi connectivity index (χ2v) is 8.83. The molecule has 0 aliphatic carbocycles. The van der Waals surface area contributed by atoms with Gasteiger partial charge in [0.05, 0.1) is 16.0 Å². The minimum Gasteiger partial charge on any atom is -0.258 e. The number of rotatable bonds is 7. The van der Waals surface area contributed by atoms with E-state index in [1.165, 1.54) is 17.0 Å². The summed E-state index contributed by atoms with van der Waals surface area (Å²) in [6.45, 7) is 0. The van der Waals surface area contributed by atoms with Gasteiger partial charge in [0.2, 0.25) is 4.77 Å². The van der Waals surface area contributed by atoms with Crippen molar-refractivity contribution in [3.05, 3.63) is 111 Å². The quantitative estimate of drug-likeness (QED) is 0.105. The van der Waals surface area contributed by atoms with Gasteiger partial charge in [-0.1, -0.05) is 48.5 Å². The molecule has 0 saturated carbocycles. The van der Waals surface area contributed by atoms with Gasteiger partial charge in [-0.15, -0.1) is 0 Å². The van der Waals surface area contributed by atoms with Gasteiger partial charge in [0.25, 0.3) is 5.69 Å². The molecule has 172 valence electrons. The Bertz CT molecular complexity index is 1610. The van der Waals surface area contributed by atoms with Gasteiger partial charge < -0.3 is 0 Å². The topological polar surface area (TPSA) is 115 Å². The normalized spacial score (nSPS) is 11.3. The lowest BCUT2D eigenvalue weighted by Crippen LogP contribution is -2.01. The Morgan fingerprint density at radius 3 is 2.71 bits per heavy atom. The van der Waals surface area contributed by atoms with Crippen molar-refractivity contribution < 1.29 is 4.92 Å². The molecule has 0 saturated heterocycles. The Morgan fingerprint density at radius 2 is 1.89 bits per heavy atom. The van der Waals surface area contributed by atoms with Crippen molar-refractivity contribution in [1.82, 2.24) is 24.8 Å². The summed E-state index contributed by atoms with van der Waals surface area (Å²) in [5.74, 6) is 0.630. The van der Waals surface area contributed by atoms with Crippen LogP contribution in [0.3, 0.4) is 0 Å². The van der Waals surface area contributed by atoms with Crippen LogP contribution in [0, 0.1) is 14.9 Å². The number of nitro groups is 1. The van der Waals surface area contributed by atoms with Crippen molar-refractivity contribution in [2.75, 3.05) is 0 Å². The maximum Gasteiger partial charge on any atom is 0.283 e. The van der Waals surface area contributed by atoms with Crippen LogP contribution in [0.4, 0.5) is 5.69 Å². The van der Waals surface area contributed by atoms with Gasteiger partial charge in [0.15, 0.2) is 11.0 Å². The van der Waals surface area contributed by atoms with E-state index in [9.17, 15) is 10.1 Å². The minimum atomic E-state index is -0.432. The molecule has 0 aliphatic heterocycles. The Morgan fingerprint density at radius 1 is 1.09 bits per heavy atom. The van der Waals surface area contributed by atoms with Crippen LogP contribution in [0.5, 0.6) is 0 Å². The van der Waals surface area contributed by atoms with E-state index in [0.29, 0.717) is 32.6 Å². The van der Waals surface area contributed by atoms with Gasteiger partial charge in [0, 0.05) is 30.4 Å². The number of aromatic nitrogens is 5. The number of hydrogen-bond acceptors (Lipinski definition) is 8. The molecule has 5 rings (SSSR count). The molecule has 0 fully saturated rings. The largest absolute Gasteiger partial charge is 0.283 e. The molecular formula is C24H17N7O2S2. The van der Waals surface area contributed by atoms with Crippen LogP contribution in [-0.2, 0) is 6.42 Å². The summed E-state index contributed by atoms with van der Waals surface area (Å²) in [4.78, 5) is 19.9. The second kappa shape index (κ2) is 9.95. The highest BCUT2D eigenvalue weighted by atomic mass is 32.2. The number of nitrogens with one attached hydrogen (secondary N) is 1. The Labute approximate surface area is 208 Å². The monoisotopic (exact) mass is 499 g/mol. The van der Waals surface area contributed by atoms with Crippen LogP contribution in [0.15, 0.2) is 94.3 Å². The van der Waals surface area contributed by atoms with Crippen molar-refractivity contribution in [2.45, 2.75) is 16.5 Å². The Balaban J connectivity index is 1.43. The molecule has 11 heteroatoms. The Hall–Kier alpha value is -4.22. The Kier molecular flexibility index (Phi) is 6.42. The maximum absolute atomic E-state index is 11.7. The minimum absolute atomic E-state index is 0.0572. The third-order valence-electron chi connectivity index (χ3n) is 5.19. The average molecular weight is 500 g/mol. The zero-order valence-electron chi connectivity index (χ0n) is 18.1. The van der Waals surface area contributed by atoms with Crippen molar-refractivity contribution >= 4 is 46.7 Å². The van der Waals surface area contributed by atoms with Crippen LogP contribution < -0.4 is 0 Å². The molecule has 0 atom stereocenters. The van der Waals surface area contributed by atoms with E-state index < -0.39 is 4.92 Å². The van der Waals surface area contributed by atoms with E-state index in [0.717, 1.165) is 28.1 Å². The molecule has 0 spiro atoms. The van der Waals surface area contributed by atoms with Gasteiger partial charge in [-0.25, -0.2) is 9.97 Å². The van der Waals surface area contributed by atoms with Crippen LogP contribution in [0.1, 0.15) is 17.0 Å². The number of fused-ring (bicyclic) bond motifs is 1. The fourth-order valence-electron chi connectivity index (χ4n) is 3.58. The number of nitrogens with zero attached hydrogens (tertiary/aromatic N) is 6. The highest BCUT2D eigenvalue weighted by molar-refractivity contribution is 7.99. The van der Waals surface area contributed by atoms with Gasteiger partial charge in [-0.2, -0.15) is 14.9 Å². The predicted octanol–water partition coefficient (Wildman–Crippen LogP) is 5.42. The number of benzene rings is 3. The summed E-state index contributed by atoms with van der Waals surface area (Å²) in [6.07, 6.45) is 5.22. The summed E-state index contributed by atoms with van der Waals surface area (Å²) in [6, 6.07) is 20.8. The maximum atomic E-state index is 11.7. The summed E-state index contributed by atoms with van der Waals surface area (Å²) >= 11 is 6.50. The van der Waals surface area contributed by atoms with E-state index in [1.54, 1.807) is 30.6 Å². The third-order valence-corrected chi connectivity index (χ3v) is 6.41. The van der Waals surface area contributed by atoms with Crippen LogP contribution in [0.25, 0.3) is 10.8 Å². The molecule has 0 bridgehead atoms. The molecule has 1 N–H and O–H groups in total. The highest BCUT2D eigenvalue weighted by Gasteiger charge is 2.17. The predicted molar refractivity (Wildman–Crippen MR) is 136 cm³/mol. The first-order valence-corrected chi connectivity index (χ1v) is 11.7. The van der Waals surface area contributed by atoms with Gasteiger partial charge in [-0.3, -0.25) is 15.2 Å². The van der Waals surface area contributed by atoms with Crippen LogP contribution in [-0.4, -0.2) is 36.0 Å². The lowest BCUT2D eigenvalue weighted by molar-refractivity contribution is -0.387. The van der Waals surface area contributed by atoms with E-state index >= 15 is 0 Å². The molecule has 5 aromatic rings. The summed E-state index contributed by atoms with van der Waals surface area (Å²) in [5.41, 5.74) is 1.58. The van der Waals surface area contributed by atoms with Gasteiger partial charge >= 0.3 is 0 Å². The molecule has 0 unspecified atom stereocenters. The fourth-order valence-corrected chi connectivity index (χ4v) is 4.58. The molecule has 0 radical (unpaired) electrons. The second-order valence-electron chi connectivity index (χ2n) is 7.43. The SMILES string of the molecule is O=[N+]([O-])c1cc(C=Nn2c(Cc3cccc4ccccc34)n[nH]c2=S)ccc1Sc1ncccn1. The van der Waals surface area contributed by atoms with Crippen molar-refractivity contribution in [3.63, 3.8) is 0 Å². The van der Waals surface area contributed by atoms with Crippen LogP contribution in [0.2, 0.25) is 0 Å². The number of H-pyrrole nitrogens is 1. The van der Waals surface area contributed by atoms with E-state index in [4.69, 9.17) is 12.2 Å². The zero-order chi connectivity index (χ0) is 24.2. The number of nitro benzene ring substituents is 1. The summed E-state index contributed by atoms with van der Waals surface area (Å²) in [5, 5.41) is 26.0. The molecule has 35 heavy (non-hydrogen) atoms. The van der Waals surface area contributed by atoms with E-state index in [2.05, 4.69) is 43.5 Å². The molecule has 2 aromatic heterocycles.